The van der Waals surface area contributed by atoms with Crippen molar-refractivity contribution in [3.05, 3.63) is 18.2 Å². The average Bonchev–Trinajstić information content (AvgIpc) is 2.79. The first-order valence-corrected chi connectivity index (χ1v) is 6.45. The molecule has 0 bridgehead atoms. The van der Waals surface area contributed by atoms with E-state index in [1.54, 1.807) is 19.4 Å². The highest BCUT2D eigenvalue weighted by atomic mass is 16.5. The first-order chi connectivity index (χ1) is 8.52. The van der Waals surface area contributed by atoms with Gasteiger partial charge in [-0.25, -0.2) is 9.78 Å². The van der Waals surface area contributed by atoms with Crippen LogP contribution in [0.1, 0.15) is 56.1 Å². The third-order valence-corrected chi connectivity index (χ3v) is 3.54. The fourth-order valence-corrected chi connectivity index (χ4v) is 2.37. The monoisotopic (exact) mass is 252 g/mol. The molecule has 5 heteroatoms. The summed E-state index contributed by atoms with van der Waals surface area (Å²) in [6, 6.07) is 0.320. The predicted molar refractivity (Wildman–Crippen MR) is 66.3 cm³/mol. The minimum Gasteiger partial charge on any atom is -0.461 e. The van der Waals surface area contributed by atoms with Crippen molar-refractivity contribution in [1.82, 2.24) is 9.55 Å². The molecule has 0 amide bonds. The molecular formula is C13H20N2O3. The summed E-state index contributed by atoms with van der Waals surface area (Å²) in [5.41, 5.74) is -0.185. The molecular weight excluding hydrogens is 232 g/mol. The van der Waals surface area contributed by atoms with Crippen LogP contribution in [-0.4, -0.2) is 32.8 Å². The van der Waals surface area contributed by atoms with Gasteiger partial charge in [0, 0.05) is 12.2 Å². The van der Waals surface area contributed by atoms with Gasteiger partial charge in [-0.2, -0.15) is 0 Å². The zero-order chi connectivity index (χ0) is 13.2. The second-order valence-electron chi connectivity index (χ2n) is 5.15. The Morgan fingerprint density at radius 2 is 2.28 bits per heavy atom. The lowest BCUT2D eigenvalue weighted by Crippen LogP contribution is -2.31. The topological polar surface area (TPSA) is 64.3 Å². The van der Waals surface area contributed by atoms with E-state index in [0.717, 1.165) is 25.7 Å². The molecule has 1 aliphatic rings. The normalized spacial score (nSPS) is 28.1. The summed E-state index contributed by atoms with van der Waals surface area (Å²) in [4.78, 5) is 15.6. The van der Waals surface area contributed by atoms with Gasteiger partial charge < -0.3 is 14.4 Å². The maximum absolute atomic E-state index is 11.5. The smallest absolute Gasteiger partial charge is 0.358 e. The third-order valence-electron chi connectivity index (χ3n) is 3.54. The average molecular weight is 252 g/mol. The fourth-order valence-electron chi connectivity index (χ4n) is 2.37. The number of carbonyl (C=O) groups excluding carboxylic acids is 1. The number of esters is 1. The summed E-state index contributed by atoms with van der Waals surface area (Å²) < 4.78 is 6.87. The van der Waals surface area contributed by atoms with Crippen LogP contribution >= 0.6 is 0 Å². The van der Waals surface area contributed by atoms with Gasteiger partial charge >= 0.3 is 5.97 Å². The molecule has 0 atom stereocenters. The number of ether oxygens (including phenoxy) is 1. The quantitative estimate of drug-likeness (QED) is 0.835. The van der Waals surface area contributed by atoms with Crippen LogP contribution in [0.5, 0.6) is 0 Å². The Morgan fingerprint density at radius 1 is 1.61 bits per heavy atom. The molecule has 1 fully saturated rings. The number of rotatable bonds is 3. The van der Waals surface area contributed by atoms with Gasteiger partial charge in [-0.05, 0) is 39.5 Å². The van der Waals surface area contributed by atoms with Crippen LogP contribution in [-0.2, 0) is 4.74 Å². The van der Waals surface area contributed by atoms with Crippen molar-refractivity contribution in [2.45, 2.75) is 51.2 Å². The van der Waals surface area contributed by atoms with Crippen molar-refractivity contribution in [1.29, 1.82) is 0 Å². The summed E-state index contributed by atoms with van der Waals surface area (Å²) in [6.45, 7) is 4.01. The lowest BCUT2D eigenvalue weighted by Gasteiger charge is -2.33. The summed E-state index contributed by atoms with van der Waals surface area (Å²) in [6.07, 6.45) is 6.80. The van der Waals surface area contributed by atoms with Crippen molar-refractivity contribution < 1.29 is 14.6 Å². The van der Waals surface area contributed by atoms with Crippen LogP contribution in [0.4, 0.5) is 0 Å². The van der Waals surface area contributed by atoms with E-state index in [1.807, 2.05) is 11.5 Å². The highest BCUT2D eigenvalue weighted by molar-refractivity contribution is 5.86. The Balaban J connectivity index is 2.00. The Bertz CT molecular complexity index is 416. The number of aliphatic hydroxyl groups is 1. The molecule has 100 valence electrons. The van der Waals surface area contributed by atoms with E-state index in [-0.39, 0.29) is 5.97 Å². The second-order valence-corrected chi connectivity index (χ2v) is 5.15. The van der Waals surface area contributed by atoms with Crippen LogP contribution < -0.4 is 0 Å². The maximum Gasteiger partial charge on any atom is 0.358 e. The van der Waals surface area contributed by atoms with Crippen LogP contribution in [0.2, 0.25) is 0 Å². The fraction of sp³-hybridized carbons (Fsp3) is 0.692. The van der Waals surface area contributed by atoms with Gasteiger partial charge in [0.15, 0.2) is 5.69 Å². The molecule has 0 radical (unpaired) electrons. The first kappa shape index (κ1) is 13.1. The first-order valence-electron chi connectivity index (χ1n) is 6.45. The molecule has 1 N–H and O–H groups in total. The standard InChI is InChI=1S/C13H20N2O3/c1-3-18-12(16)11-8-15(9-14-11)10-4-6-13(2,17)7-5-10/h8-10,17H,3-7H2,1-2H3. The summed E-state index contributed by atoms with van der Waals surface area (Å²) in [7, 11) is 0. The molecule has 1 heterocycles. The minimum absolute atomic E-state index is 0.320. The van der Waals surface area contributed by atoms with E-state index < -0.39 is 5.60 Å². The van der Waals surface area contributed by atoms with Crippen LogP contribution in [0, 0.1) is 0 Å². The van der Waals surface area contributed by atoms with Crippen molar-refractivity contribution in [2.75, 3.05) is 6.61 Å². The number of hydrogen-bond acceptors (Lipinski definition) is 4. The van der Waals surface area contributed by atoms with Crippen LogP contribution in [0.15, 0.2) is 12.5 Å². The van der Waals surface area contributed by atoms with Crippen molar-refractivity contribution >= 4 is 5.97 Å². The molecule has 18 heavy (non-hydrogen) atoms. The molecule has 1 aromatic heterocycles. The second kappa shape index (κ2) is 5.10. The number of hydrogen-bond donors (Lipinski definition) is 1. The van der Waals surface area contributed by atoms with E-state index >= 15 is 0 Å². The van der Waals surface area contributed by atoms with Gasteiger partial charge in [0.2, 0.25) is 0 Å². The highest BCUT2D eigenvalue weighted by Gasteiger charge is 2.29. The zero-order valence-electron chi connectivity index (χ0n) is 10.9. The van der Waals surface area contributed by atoms with Gasteiger partial charge in [0.05, 0.1) is 18.5 Å². The number of nitrogens with zero attached hydrogens (tertiary/aromatic N) is 2. The molecule has 1 aromatic rings. The Morgan fingerprint density at radius 3 is 2.89 bits per heavy atom. The molecule has 1 aliphatic carbocycles. The maximum atomic E-state index is 11.5. The third kappa shape index (κ3) is 2.90. The van der Waals surface area contributed by atoms with Gasteiger partial charge in [-0.1, -0.05) is 0 Å². The van der Waals surface area contributed by atoms with Gasteiger partial charge in [-0.15, -0.1) is 0 Å². The largest absolute Gasteiger partial charge is 0.461 e. The number of aromatic nitrogens is 2. The molecule has 1 saturated carbocycles. The lowest BCUT2D eigenvalue weighted by atomic mass is 9.83. The van der Waals surface area contributed by atoms with Crippen molar-refractivity contribution in [3.63, 3.8) is 0 Å². The summed E-state index contributed by atoms with van der Waals surface area (Å²) in [5, 5.41) is 9.90. The zero-order valence-corrected chi connectivity index (χ0v) is 10.9. The summed E-state index contributed by atoms with van der Waals surface area (Å²) in [5.74, 6) is -0.376. The molecule has 0 unspecified atom stereocenters. The van der Waals surface area contributed by atoms with Crippen LogP contribution in [0.3, 0.4) is 0 Å². The van der Waals surface area contributed by atoms with Crippen molar-refractivity contribution in [2.24, 2.45) is 0 Å². The Labute approximate surface area is 107 Å². The van der Waals surface area contributed by atoms with Gasteiger partial charge in [0.1, 0.15) is 0 Å². The van der Waals surface area contributed by atoms with E-state index in [1.165, 1.54) is 0 Å². The SMILES string of the molecule is CCOC(=O)c1cn(C2CCC(C)(O)CC2)cn1. The Hall–Kier alpha value is -1.36. The van der Waals surface area contributed by atoms with E-state index in [0.29, 0.717) is 18.3 Å². The Kier molecular flexibility index (Phi) is 3.71. The molecule has 2 rings (SSSR count). The van der Waals surface area contributed by atoms with Gasteiger partial charge in [-0.3, -0.25) is 0 Å². The van der Waals surface area contributed by atoms with E-state index in [2.05, 4.69) is 4.98 Å². The van der Waals surface area contributed by atoms with E-state index in [9.17, 15) is 9.90 Å². The molecule has 5 nitrogen and oxygen atoms in total. The molecule has 0 saturated heterocycles. The molecule has 0 spiro atoms. The number of imidazole rings is 1. The van der Waals surface area contributed by atoms with E-state index in [4.69, 9.17) is 4.74 Å². The highest BCUT2D eigenvalue weighted by Crippen LogP contribution is 2.34. The van der Waals surface area contributed by atoms with Crippen LogP contribution in [0.25, 0.3) is 0 Å². The number of carbonyl (C=O) groups is 1. The molecule has 0 aromatic carbocycles. The molecule has 0 aliphatic heterocycles. The van der Waals surface area contributed by atoms with Gasteiger partial charge in [0.25, 0.3) is 0 Å². The van der Waals surface area contributed by atoms with Crippen molar-refractivity contribution in [3.8, 4) is 0 Å². The predicted octanol–water partition coefficient (Wildman–Crippen LogP) is 1.93. The summed E-state index contributed by atoms with van der Waals surface area (Å²) >= 11 is 0. The minimum atomic E-state index is -0.541. The lowest BCUT2D eigenvalue weighted by molar-refractivity contribution is 0.00987.